The van der Waals surface area contributed by atoms with Gasteiger partial charge in [-0.25, -0.2) is 4.99 Å². The summed E-state index contributed by atoms with van der Waals surface area (Å²) in [7, 11) is 0. The van der Waals surface area contributed by atoms with Crippen LogP contribution in [0.25, 0.3) is 11.3 Å². The number of benzene rings is 1. The van der Waals surface area contributed by atoms with Gasteiger partial charge in [0, 0.05) is 35.8 Å². The first-order chi connectivity index (χ1) is 14.1. The van der Waals surface area contributed by atoms with Crippen molar-refractivity contribution < 1.29 is 4.92 Å². The van der Waals surface area contributed by atoms with Gasteiger partial charge in [-0.3, -0.25) is 15.1 Å². The van der Waals surface area contributed by atoms with E-state index in [1.165, 1.54) is 18.9 Å². The first-order valence-corrected chi connectivity index (χ1v) is 10.9. The molecule has 0 radical (unpaired) electrons. The fourth-order valence-electron chi connectivity index (χ4n) is 3.31. The maximum atomic E-state index is 11.2. The molecule has 6 nitrogen and oxygen atoms in total. The summed E-state index contributed by atoms with van der Waals surface area (Å²) in [4.78, 5) is 20.7. The monoisotopic (exact) mass is 410 g/mol. The minimum absolute atomic E-state index is 0.101. The summed E-state index contributed by atoms with van der Waals surface area (Å²) < 4.78 is 2.21. The van der Waals surface area contributed by atoms with Gasteiger partial charge in [0.25, 0.3) is 5.69 Å². The molecule has 7 heteroatoms. The van der Waals surface area contributed by atoms with Gasteiger partial charge in [-0.1, -0.05) is 45.2 Å². The van der Waals surface area contributed by atoms with Gasteiger partial charge in [0.1, 0.15) is 0 Å². The summed E-state index contributed by atoms with van der Waals surface area (Å²) in [5.41, 5.74) is 2.71. The molecule has 0 spiro atoms. The fourth-order valence-corrected chi connectivity index (χ4v) is 4.25. The predicted molar refractivity (Wildman–Crippen MR) is 117 cm³/mol. The third kappa shape index (κ3) is 5.38. The Morgan fingerprint density at radius 2 is 2.14 bits per heavy atom. The van der Waals surface area contributed by atoms with Gasteiger partial charge in [0.05, 0.1) is 22.5 Å². The van der Waals surface area contributed by atoms with Crippen LogP contribution in [0.5, 0.6) is 0 Å². The van der Waals surface area contributed by atoms with Gasteiger partial charge < -0.3 is 4.57 Å². The number of thiazole rings is 1. The van der Waals surface area contributed by atoms with E-state index in [-0.39, 0.29) is 10.6 Å². The van der Waals surface area contributed by atoms with Crippen molar-refractivity contribution in [2.45, 2.75) is 46.1 Å². The van der Waals surface area contributed by atoms with Crippen molar-refractivity contribution in [2.75, 3.05) is 0 Å². The number of hydrogen-bond acceptors (Lipinski definition) is 5. The molecule has 152 valence electrons. The largest absolute Gasteiger partial charge is 0.316 e. The predicted octanol–water partition coefficient (Wildman–Crippen LogP) is 5.97. The molecule has 3 rings (SSSR count). The molecule has 1 aromatic carbocycles. The van der Waals surface area contributed by atoms with Crippen LogP contribution in [-0.2, 0) is 6.54 Å². The molecule has 0 N–H and O–H groups in total. The van der Waals surface area contributed by atoms with E-state index in [0.717, 1.165) is 41.1 Å². The number of rotatable bonds is 9. The van der Waals surface area contributed by atoms with Gasteiger partial charge in [-0.15, -0.1) is 11.3 Å². The zero-order chi connectivity index (χ0) is 20.6. The number of nitro benzene ring substituents is 1. The molecule has 0 aliphatic carbocycles. The lowest BCUT2D eigenvalue weighted by molar-refractivity contribution is -0.384. The van der Waals surface area contributed by atoms with Crippen LogP contribution in [0.1, 0.15) is 39.5 Å². The lowest BCUT2D eigenvalue weighted by atomic mass is 9.99. The molecule has 1 unspecified atom stereocenters. The van der Waals surface area contributed by atoms with Crippen LogP contribution in [0.4, 0.5) is 11.4 Å². The molecule has 0 fully saturated rings. The molecule has 2 aromatic heterocycles. The average Bonchev–Trinajstić information content (AvgIpc) is 3.13. The van der Waals surface area contributed by atoms with Crippen molar-refractivity contribution in [3.05, 3.63) is 69.1 Å². The second-order valence-corrected chi connectivity index (χ2v) is 7.90. The molecule has 0 saturated carbocycles. The van der Waals surface area contributed by atoms with Crippen molar-refractivity contribution in [1.82, 2.24) is 9.55 Å². The quantitative estimate of drug-likeness (QED) is 0.322. The highest BCUT2D eigenvalue weighted by Crippen LogP contribution is 2.26. The van der Waals surface area contributed by atoms with Crippen LogP contribution in [0.15, 0.2) is 59.2 Å². The SMILES string of the molecule is CCCCC(CC)Cn1c(-c2cccc([N+](=O)[O-])c2)csc1=Nc1cccnc1. The van der Waals surface area contributed by atoms with Crippen LogP contribution in [0, 0.1) is 16.0 Å². The Morgan fingerprint density at radius 1 is 1.28 bits per heavy atom. The number of unbranched alkanes of at least 4 members (excludes halogenated alkanes) is 1. The minimum atomic E-state index is -0.350. The van der Waals surface area contributed by atoms with E-state index in [1.54, 1.807) is 35.9 Å². The van der Waals surface area contributed by atoms with Crippen LogP contribution in [-0.4, -0.2) is 14.5 Å². The first-order valence-electron chi connectivity index (χ1n) is 10.00. The first kappa shape index (κ1) is 20.9. The second kappa shape index (κ2) is 10.1. The molecule has 0 saturated heterocycles. The molecular weight excluding hydrogens is 384 g/mol. The van der Waals surface area contributed by atoms with E-state index in [9.17, 15) is 10.1 Å². The standard InChI is InChI=1S/C22H26N4O2S/c1-3-5-8-17(4-2)15-25-21(18-9-6-11-20(13-18)26(27)28)16-29-22(25)24-19-10-7-12-23-14-19/h6-7,9-14,16-17H,3-5,8,15H2,1-2H3. The van der Waals surface area contributed by atoms with Crippen molar-refractivity contribution in [3.63, 3.8) is 0 Å². The third-order valence-electron chi connectivity index (χ3n) is 5.01. The molecule has 0 aliphatic heterocycles. The van der Waals surface area contributed by atoms with Crippen LogP contribution < -0.4 is 4.80 Å². The van der Waals surface area contributed by atoms with Gasteiger partial charge >= 0.3 is 0 Å². The molecule has 1 atom stereocenters. The van der Waals surface area contributed by atoms with Crippen molar-refractivity contribution in [3.8, 4) is 11.3 Å². The number of pyridine rings is 1. The lowest BCUT2D eigenvalue weighted by Crippen LogP contribution is -2.21. The van der Waals surface area contributed by atoms with Crippen molar-refractivity contribution >= 4 is 22.7 Å². The Bertz CT molecular complexity index is 1010. The van der Waals surface area contributed by atoms with E-state index in [4.69, 9.17) is 4.99 Å². The Kier molecular flexibility index (Phi) is 7.30. The molecule has 2 heterocycles. The number of nitro groups is 1. The minimum Gasteiger partial charge on any atom is -0.316 e. The summed E-state index contributed by atoms with van der Waals surface area (Å²) in [6.07, 6.45) is 8.10. The number of aromatic nitrogens is 2. The van der Waals surface area contributed by atoms with E-state index in [1.807, 2.05) is 23.6 Å². The van der Waals surface area contributed by atoms with Crippen LogP contribution in [0.3, 0.4) is 0 Å². The second-order valence-electron chi connectivity index (χ2n) is 7.06. The van der Waals surface area contributed by atoms with Crippen LogP contribution >= 0.6 is 11.3 Å². The normalized spacial score (nSPS) is 12.8. The van der Waals surface area contributed by atoms with Gasteiger partial charge in [0.15, 0.2) is 4.80 Å². The van der Waals surface area contributed by atoms with Crippen LogP contribution in [0.2, 0.25) is 0 Å². The van der Waals surface area contributed by atoms with E-state index in [0.29, 0.717) is 5.92 Å². The summed E-state index contributed by atoms with van der Waals surface area (Å²) >= 11 is 1.56. The van der Waals surface area contributed by atoms with Gasteiger partial charge in [0.2, 0.25) is 0 Å². The number of hydrogen-bond donors (Lipinski definition) is 0. The fraction of sp³-hybridized carbons (Fsp3) is 0.364. The highest BCUT2D eigenvalue weighted by Gasteiger charge is 2.15. The molecule has 3 aromatic rings. The van der Waals surface area contributed by atoms with Gasteiger partial charge in [-0.05, 0) is 24.5 Å². The Morgan fingerprint density at radius 3 is 2.83 bits per heavy atom. The molecule has 0 aliphatic rings. The van der Waals surface area contributed by atoms with Crippen molar-refractivity contribution in [2.24, 2.45) is 10.9 Å². The summed E-state index contributed by atoms with van der Waals surface area (Å²) in [6.45, 7) is 5.28. The lowest BCUT2D eigenvalue weighted by Gasteiger charge is -2.17. The third-order valence-corrected chi connectivity index (χ3v) is 5.87. The number of nitrogens with zero attached hydrogens (tertiary/aromatic N) is 4. The topological polar surface area (TPSA) is 73.3 Å². The smallest absolute Gasteiger partial charge is 0.270 e. The summed E-state index contributed by atoms with van der Waals surface area (Å²) in [5, 5.41) is 13.3. The van der Waals surface area contributed by atoms with Crippen molar-refractivity contribution in [1.29, 1.82) is 0 Å². The maximum absolute atomic E-state index is 11.2. The number of non-ortho nitro benzene ring substituents is 1. The zero-order valence-corrected chi connectivity index (χ0v) is 17.6. The van der Waals surface area contributed by atoms with Gasteiger partial charge in [-0.2, -0.15) is 0 Å². The molecule has 29 heavy (non-hydrogen) atoms. The maximum Gasteiger partial charge on any atom is 0.270 e. The Hall–Kier alpha value is -2.80. The summed E-state index contributed by atoms with van der Waals surface area (Å²) in [6, 6.07) is 10.6. The zero-order valence-electron chi connectivity index (χ0n) is 16.8. The molecular formula is C22H26N4O2S. The van der Waals surface area contributed by atoms with E-state index < -0.39 is 0 Å². The molecule has 0 bridgehead atoms. The summed E-state index contributed by atoms with van der Waals surface area (Å²) in [5.74, 6) is 0.537. The highest BCUT2D eigenvalue weighted by atomic mass is 32.1. The highest BCUT2D eigenvalue weighted by molar-refractivity contribution is 7.07. The Balaban J connectivity index is 2.08. The van der Waals surface area contributed by atoms with E-state index in [2.05, 4.69) is 23.4 Å². The average molecular weight is 411 g/mol. The Labute approximate surface area is 174 Å². The van der Waals surface area contributed by atoms with E-state index >= 15 is 0 Å². The molecule has 0 amide bonds.